The van der Waals surface area contributed by atoms with Crippen molar-refractivity contribution in [1.82, 2.24) is 10.2 Å². The Bertz CT molecular complexity index is 883. The van der Waals surface area contributed by atoms with E-state index in [9.17, 15) is 9.18 Å². The molecule has 0 radical (unpaired) electrons. The highest BCUT2D eigenvalue weighted by Crippen LogP contribution is 2.86. The highest BCUT2D eigenvalue weighted by molar-refractivity contribution is 6.30. The van der Waals surface area contributed by atoms with Crippen molar-refractivity contribution in [2.75, 3.05) is 19.5 Å². The first kappa shape index (κ1) is 16.1. The number of hydrogen-bond acceptors (Lipinski definition) is 6. The Morgan fingerprint density at radius 2 is 2.12 bits per heavy atom. The van der Waals surface area contributed by atoms with Crippen molar-refractivity contribution in [3.8, 4) is 17.1 Å². The van der Waals surface area contributed by atoms with Crippen molar-refractivity contribution in [2.45, 2.75) is 12.8 Å². The molecule has 2 saturated carbocycles. The van der Waals surface area contributed by atoms with Crippen LogP contribution in [0.3, 0.4) is 0 Å². The molecule has 0 spiro atoms. The summed E-state index contributed by atoms with van der Waals surface area (Å²) >= 11 is 5.89. The standard InChI is InChI=1S/C17H15ClFN3O3/c1-24-15(23)17-6-16(17,7-17)8-25-14-12(20)5-13(21-22-14)10-4-9(18)2-3-11(10)19/h2-5H,6-8H2,1H3,(H2,20,21). The highest BCUT2D eigenvalue weighted by Gasteiger charge is 2.88. The molecule has 0 aliphatic heterocycles. The van der Waals surface area contributed by atoms with Gasteiger partial charge in [0.25, 0.3) is 5.88 Å². The molecule has 4 rings (SSSR count). The van der Waals surface area contributed by atoms with Gasteiger partial charge in [-0.2, -0.15) is 0 Å². The number of hydrogen-bond donors (Lipinski definition) is 1. The summed E-state index contributed by atoms with van der Waals surface area (Å²) in [6.07, 6.45) is 1.51. The van der Waals surface area contributed by atoms with Crippen LogP contribution in [0.1, 0.15) is 12.8 Å². The molecule has 8 heteroatoms. The third kappa shape index (κ3) is 2.41. The summed E-state index contributed by atoms with van der Waals surface area (Å²) in [5.74, 6) is -0.496. The van der Waals surface area contributed by atoms with Crippen molar-refractivity contribution in [3.63, 3.8) is 0 Å². The number of carbonyl (C=O) groups excluding carboxylic acids is 1. The number of methoxy groups -OCH3 is 1. The molecule has 1 heterocycles. The Labute approximate surface area is 148 Å². The van der Waals surface area contributed by atoms with E-state index in [0.717, 1.165) is 12.8 Å². The predicted molar refractivity (Wildman–Crippen MR) is 88.5 cm³/mol. The van der Waals surface area contributed by atoms with Crippen LogP contribution in [-0.4, -0.2) is 29.9 Å². The Kier molecular flexibility index (Phi) is 3.40. The Morgan fingerprint density at radius 3 is 2.80 bits per heavy atom. The van der Waals surface area contributed by atoms with E-state index in [1.165, 1.54) is 31.4 Å². The molecular weight excluding hydrogens is 349 g/mol. The second-order valence-electron chi connectivity index (χ2n) is 6.61. The van der Waals surface area contributed by atoms with Crippen molar-refractivity contribution in [3.05, 3.63) is 35.1 Å². The van der Waals surface area contributed by atoms with E-state index in [1.807, 2.05) is 0 Å². The maximum Gasteiger partial charge on any atom is 0.312 e. The lowest BCUT2D eigenvalue weighted by molar-refractivity contribution is -0.144. The molecular formula is C17H15ClFN3O3. The largest absolute Gasteiger partial charge is 0.475 e. The SMILES string of the molecule is COC(=O)C12CC1(COc1nnc(-c3cc(Cl)ccc3F)cc1N)C2. The molecule has 0 saturated heterocycles. The maximum atomic E-state index is 13.9. The van der Waals surface area contributed by atoms with Crippen molar-refractivity contribution in [1.29, 1.82) is 0 Å². The van der Waals surface area contributed by atoms with Gasteiger partial charge in [0.2, 0.25) is 0 Å². The summed E-state index contributed by atoms with van der Waals surface area (Å²) in [6.45, 7) is 0.325. The average Bonchev–Trinajstić information content (AvgIpc) is 3.42. The van der Waals surface area contributed by atoms with Crippen LogP contribution in [0.25, 0.3) is 11.3 Å². The van der Waals surface area contributed by atoms with E-state index in [0.29, 0.717) is 11.6 Å². The molecule has 2 aliphatic rings. The second kappa shape index (κ2) is 5.29. The van der Waals surface area contributed by atoms with E-state index in [4.69, 9.17) is 26.8 Å². The Morgan fingerprint density at radius 1 is 1.36 bits per heavy atom. The van der Waals surface area contributed by atoms with Crippen LogP contribution in [0.5, 0.6) is 5.88 Å². The van der Waals surface area contributed by atoms with E-state index in [1.54, 1.807) is 0 Å². The molecule has 2 fully saturated rings. The first-order valence-corrected chi connectivity index (χ1v) is 8.08. The fourth-order valence-corrected chi connectivity index (χ4v) is 3.52. The van der Waals surface area contributed by atoms with Crippen molar-refractivity contribution < 1.29 is 18.7 Å². The number of nitrogens with zero attached hydrogens (tertiary/aromatic N) is 2. The molecule has 0 atom stereocenters. The number of esters is 1. The summed E-state index contributed by atoms with van der Waals surface area (Å²) in [7, 11) is 1.39. The van der Waals surface area contributed by atoms with Gasteiger partial charge in [-0.25, -0.2) is 4.39 Å². The summed E-state index contributed by atoms with van der Waals surface area (Å²) in [4.78, 5) is 11.7. The van der Waals surface area contributed by atoms with Gasteiger partial charge in [-0.3, -0.25) is 4.79 Å². The zero-order valence-electron chi connectivity index (χ0n) is 13.4. The van der Waals surface area contributed by atoms with Gasteiger partial charge in [-0.15, -0.1) is 10.2 Å². The van der Waals surface area contributed by atoms with Crippen LogP contribution in [0.4, 0.5) is 10.1 Å². The van der Waals surface area contributed by atoms with Crippen LogP contribution < -0.4 is 10.5 Å². The van der Waals surface area contributed by atoms with Gasteiger partial charge < -0.3 is 15.2 Å². The third-order valence-electron chi connectivity index (χ3n) is 5.10. The van der Waals surface area contributed by atoms with Crippen molar-refractivity contribution >= 4 is 23.3 Å². The van der Waals surface area contributed by atoms with Crippen LogP contribution in [0.2, 0.25) is 5.02 Å². The number of fused-ring (bicyclic) bond motifs is 1. The van der Waals surface area contributed by atoms with Gasteiger partial charge in [-0.05, 0) is 37.1 Å². The number of halogens is 2. The monoisotopic (exact) mass is 363 g/mol. The molecule has 1 aromatic heterocycles. The minimum Gasteiger partial charge on any atom is -0.475 e. The maximum absolute atomic E-state index is 13.9. The van der Waals surface area contributed by atoms with Gasteiger partial charge in [0.1, 0.15) is 5.82 Å². The lowest BCUT2D eigenvalue weighted by atomic mass is 10.1. The fourth-order valence-electron chi connectivity index (χ4n) is 3.35. The summed E-state index contributed by atoms with van der Waals surface area (Å²) in [5.41, 5.74) is 6.14. The van der Waals surface area contributed by atoms with Gasteiger partial charge in [0, 0.05) is 16.0 Å². The summed E-state index contributed by atoms with van der Waals surface area (Å²) < 4.78 is 24.4. The molecule has 2 aromatic rings. The van der Waals surface area contributed by atoms with Gasteiger partial charge >= 0.3 is 5.97 Å². The molecule has 6 nitrogen and oxygen atoms in total. The topological polar surface area (TPSA) is 87.3 Å². The van der Waals surface area contributed by atoms with E-state index >= 15 is 0 Å². The fraction of sp³-hybridized carbons (Fsp3) is 0.353. The highest BCUT2D eigenvalue weighted by atomic mass is 35.5. The minimum absolute atomic E-state index is 0.161. The van der Waals surface area contributed by atoms with E-state index in [2.05, 4.69) is 10.2 Å². The minimum atomic E-state index is -0.468. The van der Waals surface area contributed by atoms with Crippen LogP contribution >= 0.6 is 11.6 Å². The van der Waals surface area contributed by atoms with Gasteiger partial charge in [0.05, 0.1) is 30.5 Å². The number of nitrogens with two attached hydrogens (primary N) is 1. The number of nitrogen functional groups attached to an aromatic ring is 1. The zero-order valence-corrected chi connectivity index (χ0v) is 14.1. The normalized spacial score (nSPS) is 25.9. The lowest BCUT2D eigenvalue weighted by Crippen LogP contribution is -2.10. The number of benzene rings is 1. The molecule has 0 bridgehead atoms. The quantitative estimate of drug-likeness (QED) is 0.822. The molecule has 0 unspecified atom stereocenters. The number of anilines is 1. The van der Waals surface area contributed by atoms with E-state index in [-0.39, 0.29) is 39.6 Å². The predicted octanol–water partition coefficient (Wildman–Crippen LogP) is 2.85. The molecule has 1 aromatic carbocycles. The Balaban J connectivity index is 1.48. The molecule has 0 amide bonds. The Hall–Kier alpha value is -2.41. The molecule has 130 valence electrons. The number of ether oxygens (including phenoxy) is 2. The van der Waals surface area contributed by atoms with E-state index < -0.39 is 5.82 Å². The van der Waals surface area contributed by atoms with Crippen molar-refractivity contribution in [2.24, 2.45) is 10.8 Å². The van der Waals surface area contributed by atoms with Crippen LogP contribution in [0, 0.1) is 16.6 Å². The first-order valence-electron chi connectivity index (χ1n) is 7.71. The summed E-state index contributed by atoms with van der Waals surface area (Å²) in [6, 6.07) is 5.65. The molecule has 2 N–H and O–H groups in total. The zero-order chi connectivity index (χ0) is 17.8. The first-order chi connectivity index (χ1) is 11.9. The lowest BCUT2D eigenvalue weighted by Gasteiger charge is -2.10. The number of carbonyl (C=O) groups is 1. The second-order valence-corrected chi connectivity index (χ2v) is 7.05. The van der Waals surface area contributed by atoms with Gasteiger partial charge in [-0.1, -0.05) is 11.6 Å². The molecule has 2 aliphatic carbocycles. The molecule has 25 heavy (non-hydrogen) atoms. The summed E-state index contributed by atoms with van der Waals surface area (Å²) in [5, 5.41) is 8.30. The van der Waals surface area contributed by atoms with Crippen LogP contribution in [-0.2, 0) is 9.53 Å². The smallest absolute Gasteiger partial charge is 0.312 e. The van der Waals surface area contributed by atoms with Crippen LogP contribution in [0.15, 0.2) is 24.3 Å². The number of aromatic nitrogens is 2. The third-order valence-corrected chi connectivity index (χ3v) is 5.33. The van der Waals surface area contributed by atoms with Gasteiger partial charge in [0.15, 0.2) is 0 Å². The number of rotatable bonds is 5. The average molecular weight is 364 g/mol.